The number of nitrogens with zero attached hydrogens (tertiary/aromatic N) is 2. The molecule has 3 aromatic rings. The zero-order chi connectivity index (χ0) is 18.2. The third-order valence-corrected chi connectivity index (χ3v) is 4.61. The van der Waals surface area contributed by atoms with Gasteiger partial charge in [0.05, 0.1) is 5.69 Å². The zero-order valence-corrected chi connectivity index (χ0v) is 13.9. The topological polar surface area (TPSA) is 85.9 Å². The fourth-order valence-corrected chi connectivity index (χ4v) is 3.12. The quantitative estimate of drug-likeness (QED) is 0.777. The number of hydrogen-bond acceptors (Lipinski definition) is 4. The van der Waals surface area contributed by atoms with E-state index in [4.69, 9.17) is 5.14 Å². The summed E-state index contributed by atoms with van der Waals surface area (Å²) in [5.74, 6) is -2.04. The van der Waals surface area contributed by atoms with Crippen LogP contribution in [0.5, 0.6) is 0 Å². The maximum Gasteiger partial charge on any atom is 0.241 e. The van der Waals surface area contributed by atoms with Gasteiger partial charge in [-0.05, 0) is 37.3 Å². The van der Waals surface area contributed by atoms with Gasteiger partial charge in [0.25, 0.3) is 0 Å². The lowest BCUT2D eigenvalue weighted by Gasteiger charge is -2.12. The predicted octanol–water partition coefficient (Wildman–Crippen LogP) is 3.04. The Bertz CT molecular complexity index is 1070. The molecule has 1 aromatic carbocycles. The van der Waals surface area contributed by atoms with Crippen molar-refractivity contribution in [3.63, 3.8) is 0 Å². The van der Waals surface area contributed by atoms with E-state index in [0.29, 0.717) is 28.6 Å². The second-order valence-electron chi connectivity index (χ2n) is 5.34. The van der Waals surface area contributed by atoms with Crippen molar-refractivity contribution in [2.75, 3.05) is 0 Å². The average molecular weight is 361 g/mol. The van der Waals surface area contributed by atoms with Gasteiger partial charge in [-0.15, -0.1) is 0 Å². The Hall–Kier alpha value is -2.71. The molecule has 2 N–H and O–H groups in total. The summed E-state index contributed by atoms with van der Waals surface area (Å²) in [7, 11) is -4.36. The minimum atomic E-state index is -4.36. The zero-order valence-electron chi connectivity index (χ0n) is 13.1. The highest BCUT2D eigenvalue weighted by atomic mass is 32.2. The molecule has 0 amide bonds. The molecule has 8 heteroatoms. The molecule has 0 aliphatic carbocycles. The van der Waals surface area contributed by atoms with Crippen LogP contribution in [0.3, 0.4) is 0 Å². The molecule has 0 atom stereocenters. The SMILES string of the molecule is Cc1ncccc1-c1ncccc1-c1cc(F)c(S(N)(=O)=O)cc1F. The summed E-state index contributed by atoms with van der Waals surface area (Å²) in [5.41, 5.74) is 1.94. The number of hydrogen-bond donors (Lipinski definition) is 1. The maximum absolute atomic E-state index is 14.5. The highest BCUT2D eigenvalue weighted by Crippen LogP contribution is 2.34. The molecular formula is C17H13F2N3O2S. The molecule has 2 heterocycles. The summed E-state index contributed by atoms with van der Waals surface area (Å²) in [6, 6.07) is 8.01. The number of sulfonamides is 1. The molecule has 25 heavy (non-hydrogen) atoms. The standard InChI is InChI=1S/C17H13F2N3O2S/c1-10-11(4-2-6-21-10)17-12(5-3-7-22-17)13-8-15(19)16(9-14(13)18)25(20,23)24/h2-9H,1H3,(H2,20,23,24). The van der Waals surface area contributed by atoms with Crippen molar-refractivity contribution in [3.8, 4) is 22.4 Å². The van der Waals surface area contributed by atoms with E-state index in [0.717, 1.165) is 6.07 Å². The summed E-state index contributed by atoms with van der Waals surface area (Å²) < 4.78 is 51.4. The fourth-order valence-electron chi connectivity index (χ4n) is 2.52. The first-order chi connectivity index (χ1) is 11.8. The van der Waals surface area contributed by atoms with E-state index in [1.54, 1.807) is 37.4 Å². The summed E-state index contributed by atoms with van der Waals surface area (Å²) in [6.07, 6.45) is 3.14. The van der Waals surface area contributed by atoms with Crippen molar-refractivity contribution >= 4 is 10.0 Å². The third-order valence-electron chi connectivity index (χ3n) is 3.69. The fraction of sp³-hybridized carbons (Fsp3) is 0.0588. The Morgan fingerprint density at radius 2 is 1.56 bits per heavy atom. The molecule has 0 aliphatic heterocycles. The van der Waals surface area contributed by atoms with Gasteiger partial charge >= 0.3 is 0 Å². The van der Waals surface area contributed by atoms with Gasteiger partial charge in [-0.1, -0.05) is 6.07 Å². The third kappa shape index (κ3) is 3.26. The van der Waals surface area contributed by atoms with E-state index < -0.39 is 26.6 Å². The number of nitrogens with two attached hydrogens (primary N) is 1. The van der Waals surface area contributed by atoms with Gasteiger partial charge in [-0.3, -0.25) is 9.97 Å². The van der Waals surface area contributed by atoms with Gasteiger partial charge < -0.3 is 0 Å². The second kappa shape index (κ2) is 6.30. The van der Waals surface area contributed by atoms with Crippen molar-refractivity contribution in [2.24, 2.45) is 5.14 Å². The van der Waals surface area contributed by atoms with Crippen LogP contribution < -0.4 is 5.14 Å². The Labute approximate surface area is 143 Å². The maximum atomic E-state index is 14.5. The average Bonchev–Trinajstić information content (AvgIpc) is 2.56. The number of primary sulfonamides is 1. The molecule has 0 spiro atoms. The molecule has 0 unspecified atom stereocenters. The largest absolute Gasteiger partial charge is 0.261 e. The lowest BCUT2D eigenvalue weighted by Crippen LogP contribution is -2.14. The minimum Gasteiger partial charge on any atom is -0.261 e. The molecular weight excluding hydrogens is 348 g/mol. The summed E-state index contributed by atoms with van der Waals surface area (Å²) in [5, 5.41) is 4.90. The molecule has 2 aromatic heterocycles. The number of aromatic nitrogens is 2. The minimum absolute atomic E-state index is 0.115. The Kier molecular flexibility index (Phi) is 4.32. The lowest BCUT2D eigenvalue weighted by atomic mass is 9.98. The van der Waals surface area contributed by atoms with Crippen LogP contribution >= 0.6 is 0 Å². The summed E-state index contributed by atoms with van der Waals surface area (Å²) >= 11 is 0. The van der Waals surface area contributed by atoms with Crippen molar-refractivity contribution in [1.82, 2.24) is 9.97 Å². The normalized spacial score (nSPS) is 11.5. The van der Waals surface area contributed by atoms with Crippen LogP contribution in [-0.4, -0.2) is 18.4 Å². The van der Waals surface area contributed by atoms with Crippen molar-refractivity contribution < 1.29 is 17.2 Å². The van der Waals surface area contributed by atoms with Crippen molar-refractivity contribution in [3.05, 3.63) is 66.1 Å². The number of pyridine rings is 2. The van der Waals surface area contributed by atoms with Crippen LogP contribution in [0.25, 0.3) is 22.4 Å². The lowest BCUT2D eigenvalue weighted by molar-refractivity contribution is 0.555. The van der Waals surface area contributed by atoms with Gasteiger partial charge in [0.15, 0.2) is 0 Å². The first-order valence-corrected chi connectivity index (χ1v) is 8.73. The Morgan fingerprint density at radius 1 is 0.920 bits per heavy atom. The molecule has 0 saturated heterocycles. The number of aryl methyl sites for hydroxylation is 1. The van der Waals surface area contributed by atoms with E-state index in [9.17, 15) is 17.2 Å². The van der Waals surface area contributed by atoms with Gasteiger partial charge in [-0.25, -0.2) is 22.3 Å². The molecule has 0 bridgehead atoms. The van der Waals surface area contributed by atoms with Crippen LogP contribution in [0.15, 0.2) is 53.7 Å². The monoisotopic (exact) mass is 361 g/mol. The van der Waals surface area contributed by atoms with Gasteiger partial charge in [0.1, 0.15) is 16.5 Å². The van der Waals surface area contributed by atoms with E-state index >= 15 is 0 Å². The molecule has 0 saturated carbocycles. The smallest absolute Gasteiger partial charge is 0.241 e. The van der Waals surface area contributed by atoms with Crippen LogP contribution in [0.1, 0.15) is 5.69 Å². The molecule has 5 nitrogen and oxygen atoms in total. The van der Waals surface area contributed by atoms with E-state index in [1.165, 1.54) is 6.20 Å². The van der Waals surface area contributed by atoms with Gasteiger partial charge in [0.2, 0.25) is 10.0 Å². The summed E-state index contributed by atoms with van der Waals surface area (Å²) in [4.78, 5) is 7.54. The van der Waals surface area contributed by atoms with Crippen molar-refractivity contribution in [1.29, 1.82) is 0 Å². The van der Waals surface area contributed by atoms with E-state index in [1.807, 2.05) is 0 Å². The van der Waals surface area contributed by atoms with E-state index in [-0.39, 0.29) is 5.56 Å². The second-order valence-corrected chi connectivity index (χ2v) is 6.87. The van der Waals surface area contributed by atoms with Gasteiger partial charge in [-0.2, -0.15) is 0 Å². The Morgan fingerprint density at radius 3 is 2.20 bits per heavy atom. The molecule has 3 rings (SSSR count). The number of benzene rings is 1. The van der Waals surface area contributed by atoms with Gasteiger partial charge in [0, 0.05) is 34.8 Å². The van der Waals surface area contributed by atoms with Crippen molar-refractivity contribution in [2.45, 2.75) is 11.8 Å². The predicted molar refractivity (Wildman–Crippen MR) is 88.9 cm³/mol. The first-order valence-electron chi connectivity index (χ1n) is 7.18. The molecule has 0 aliphatic rings. The molecule has 128 valence electrons. The number of rotatable bonds is 3. The molecule has 0 radical (unpaired) electrons. The van der Waals surface area contributed by atoms with E-state index in [2.05, 4.69) is 9.97 Å². The highest BCUT2D eigenvalue weighted by Gasteiger charge is 2.21. The number of halogens is 2. The van der Waals surface area contributed by atoms with Crippen LogP contribution in [0, 0.1) is 18.6 Å². The summed E-state index contributed by atoms with van der Waals surface area (Å²) in [6.45, 7) is 1.77. The molecule has 0 fully saturated rings. The van der Waals surface area contributed by atoms with Crippen LogP contribution in [0.2, 0.25) is 0 Å². The van der Waals surface area contributed by atoms with Crippen LogP contribution in [0.4, 0.5) is 8.78 Å². The highest BCUT2D eigenvalue weighted by molar-refractivity contribution is 7.89. The van der Waals surface area contributed by atoms with Crippen LogP contribution in [-0.2, 0) is 10.0 Å². The first kappa shape index (κ1) is 17.1. The Balaban J connectivity index is 2.26.